The van der Waals surface area contributed by atoms with Gasteiger partial charge in [0.25, 0.3) is 0 Å². The van der Waals surface area contributed by atoms with E-state index < -0.39 is 0 Å². The van der Waals surface area contributed by atoms with Gasteiger partial charge in [-0.1, -0.05) is 41.9 Å². The maximum Gasteiger partial charge on any atom is 0.222 e. The van der Waals surface area contributed by atoms with Gasteiger partial charge in [0.1, 0.15) is 12.4 Å². The zero-order valence-electron chi connectivity index (χ0n) is 16.2. The first kappa shape index (κ1) is 19.5. The number of aryl methyl sites for hydroxylation is 1. The van der Waals surface area contributed by atoms with Crippen LogP contribution in [0.25, 0.3) is 0 Å². The number of ether oxygens (including phenoxy) is 1. The summed E-state index contributed by atoms with van der Waals surface area (Å²) in [5.74, 6) is 1.26. The Hall–Kier alpha value is -2.79. The summed E-state index contributed by atoms with van der Waals surface area (Å²) in [7, 11) is 0. The van der Waals surface area contributed by atoms with Gasteiger partial charge in [-0.15, -0.1) is 0 Å². The lowest BCUT2D eigenvalue weighted by molar-refractivity contribution is -0.130. The Bertz CT molecular complexity index is 940. The van der Waals surface area contributed by atoms with E-state index in [-0.39, 0.29) is 11.8 Å². The van der Waals surface area contributed by atoms with Crippen LogP contribution < -0.4 is 4.74 Å². The molecule has 150 valence electrons. The summed E-state index contributed by atoms with van der Waals surface area (Å²) in [4.78, 5) is 14.5. The second-order valence-corrected chi connectivity index (χ2v) is 7.81. The SMILES string of the molecule is O=C(CCc1ccccc1)N1CCC(c2cc(COc3ccc(Cl)cc3)[nH]n2)C1. The molecule has 4 rings (SSSR count). The molecular weight excluding hydrogens is 386 g/mol. The number of hydrogen-bond donors (Lipinski definition) is 1. The van der Waals surface area contributed by atoms with Crippen molar-refractivity contribution in [2.75, 3.05) is 13.1 Å². The zero-order chi connectivity index (χ0) is 20.1. The average Bonchev–Trinajstić information content (AvgIpc) is 3.42. The molecule has 3 aromatic rings. The number of likely N-dealkylation sites (tertiary alicyclic amines) is 1. The van der Waals surface area contributed by atoms with Crippen LogP contribution >= 0.6 is 11.6 Å². The summed E-state index contributed by atoms with van der Waals surface area (Å²) in [5, 5.41) is 8.18. The number of halogens is 1. The minimum Gasteiger partial charge on any atom is -0.487 e. The minimum absolute atomic E-state index is 0.221. The van der Waals surface area contributed by atoms with Gasteiger partial charge in [0.05, 0.1) is 11.4 Å². The first-order valence-electron chi connectivity index (χ1n) is 9.91. The Morgan fingerprint density at radius 2 is 1.97 bits per heavy atom. The molecular formula is C23H24ClN3O2. The number of aromatic nitrogens is 2. The van der Waals surface area contributed by atoms with Crippen molar-refractivity contribution in [3.63, 3.8) is 0 Å². The molecule has 0 saturated carbocycles. The number of nitrogens with one attached hydrogen (secondary N) is 1. The van der Waals surface area contributed by atoms with Crippen LogP contribution in [0.15, 0.2) is 60.7 Å². The Kier molecular flexibility index (Phi) is 6.15. The summed E-state index contributed by atoms with van der Waals surface area (Å²) < 4.78 is 5.76. The summed E-state index contributed by atoms with van der Waals surface area (Å²) in [5.41, 5.74) is 3.12. The highest BCUT2D eigenvalue weighted by molar-refractivity contribution is 6.30. The fourth-order valence-corrected chi connectivity index (χ4v) is 3.76. The number of rotatable bonds is 7. The van der Waals surface area contributed by atoms with Crippen molar-refractivity contribution in [1.82, 2.24) is 15.1 Å². The van der Waals surface area contributed by atoms with E-state index in [0.29, 0.717) is 18.1 Å². The van der Waals surface area contributed by atoms with Crippen molar-refractivity contribution in [1.29, 1.82) is 0 Å². The van der Waals surface area contributed by atoms with Crippen molar-refractivity contribution in [2.45, 2.75) is 31.8 Å². The molecule has 2 heterocycles. The topological polar surface area (TPSA) is 58.2 Å². The molecule has 1 fully saturated rings. The Balaban J connectivity index is 1.26. The molecule has 0 spiro atoms. The van der Waals surface area contributed by atoms with Gasteiger partial charge in [0.15, 0.2) is 0 Å². The highest BCUT2D eigenvalue weighted by Crippen LogP contribution is 2.27. The van der Waals surface area contributed by atoms with E-state index >= 15 is 0 Å². The van der Waals surface area contributed by atoms with Gasteiger partial charge in [-0.3, -0.25) is 9.89 Å². The fourth-order valence-electron chi connectivity index (χ4n) is 3.64. The van der Waals surface area contributed by atoms with Crippen molar-refractivity contribution in [2.24, 2.45) is 0 Å². The number of carbonyl (C=O) groups is 1. The largest absolute Gasteiger partial charge is 0.487 e. The van der Waals surface area contributed by atoms with Crippen LogP contribution in [0.5, 0.6) is 5.75 Å². The van der Waals surface area contributed by atoms with Gasteiger partial charge in [0.2, 0.25) is 5.91 Å². The van der Waals surface area contributed by atoms with Gasteiger partial charge in [0, 0.05) is 30.5 Å². The van der Waals surface area contributed by atoms with E-state index in [2.05, 4.69) is 22.3 Å². The molecule has 6 heteroatoms. The molecule has 1 saturated heterocycles. The van der Waals surface area contributed by atoms with Gasteiger partial charge >= 0.3 is 0 Å². The standard InChI is InChI=1S/C23H24ClN3O2/c24-19-7-9-21(10-8-19)29-16-20-14-22(26-25-20)18-12-13-27(15-18)23(28)11-6-17-4-2-1-3-5-17/h1-5,7-10,14,18H,6,11-13,15-16H2,(H,25,26). The maximum atomic E-state index is 12.6. The number of nitrogens with zero attached hydrogens (tertiary/aromatic N) is 2. The molecule has 1 aliphatic heterocycles. The molecule has 0 radical (unpaired) electrons. The Morgan fingerprint density at radius 3 is 2.76 bits per heavy atom. The van der Waals surface area contributed by atoms with Crippen LogP contribution in [-0.4, -0.2) is 34.1 Å². The normalized spacial score (nSPS) is 16.2. The molecule has 0 aliphatic carbocycles. The lowest BCUT2D eigenvalue weighted by atomic mass is 10.1. The van der Waals surface area contributed by atoms with Crippen LogP contribution in [-0.2, 0) is 17.8 Å². The van der Waals surface area contributed by atoms with E-state index in [9.17, 15) is 4.79 Å². The van der Waals surface area contributed by atoms with Crippen molar-refractivity contribution < 1.29 is 9.53 Å². The number of H-pyrrole nitrogens is 1. The van der Waals surface area contributed by atoms with Gasteiger partial charge in [-0.25, -0.2) is 0 Å². The molecule has 1 N–H and O–H groups in total. The average molecular weight is 410 g/mol. The van der Waals surface area contributed by atoms with Crippen molar-refractivity contribution in [3.8, 4) is 5.75 Å². The van der Waals surface area contributed by atoms with E-state index in [0.717, 1.165) is 43.1 Å². The lowest BCUT2D eigenvalue weighted by Gasteiger charge is -2.16. The minimum atomic E-state index is 0.221. The third-order valence-corrected chi connectivity index (χ3v) is 5.54. The molecule has 1 atom stereocenters. The number of amides is 1. The smallest absolute Gasteiger partial charge is 0.222 e. The zero-order valence-corrected chi connectivity index (χ0v) is 16.9. The summed E-state index contributed by atoms with van der Waals surface area (Å²) in [6, 6.07) is 19.5. The number of carbonyl (C=O) groups excluding carboxylic acids is 1. The first-order valence-corrected chi connectivity index (χ1v) is 10.3. The monoisotopic (exact) mass is 409 g/mol. The fraction of sp³-hybridized carbons (Fsp3) is 0.304. The number of benzene rings is 2. The highest BCUT2D eigenvalue weighted by atomic mass is 35.5. The van der Waals surface area contributed by atoms with Crippen molar-refractivity contribution in [3.05, 3.63) is 82.6 Å². The van der Waals surface area contributed by atoms with Crippen LogP contribution in [0.3, 0.4) is 0 Å². The predicted octanol–water partition coefficient (Wildman–Crippen LogP) is 4.59. The van der Waals surface area contributed by atoms with E-state index in [1.807, 2.05) is 41.3 Å². The Morgan fingerprint density at radius 1 is 1.17 bits per heavy atom. The second kappa shape index (κ2) is 9.14. The molecule has 5 nitrogen and oxygen atoms in total. The maximum absolute atomic E-state index is 12.6. The van der Waals surface area contributed by atoms with Gasteiger partial charge < -0.3 is 9.64 Å². The molecule has 1 unspecified atom stereocenters. The number of aromatic amines is 1. The van der Waals surface area contributed by atoms with E-state index in [1.165, 1.54) is 5.56 Å². The summed E-state index contributed by atoms with van der Waals surface area (Å²) in [6.07, 6.45) is 2.28. The third kappa shape index (κ3) is 5.18. The summed E-state index contributed by atoms with van der Waals surface area (Å²) in [6.45, 7) is 1.94. The van der Waals surface area contributed by atoms with Crippen LogP contribution in [0.1, 0.15) is 35.7 Å². The van der Waals surface area contributed by atoms with Crippen LogP contribution in [0.2, 0.25) is 5.02 Å². The third-order valence-electron chi connectivity index (χ3n) is 5.29. The first-order chi connectivity index (χ1) is 14.2. The Labute approximate surface area is 175 Å². The van der Waals surface area contributed by atoms with Crippen LogP contribution in [0.4, 0.5) is 0 Å². The lowest BCUT2D eigenvalue weighted by Crippen LogP contribution is -2.28. The molecule has 2 aromatic carbocycles. The second-order valence-electron chi connectivity index (χ2n) is 7.37. The van der Waals surface area contributed by atoms with Crippen LogP contribution in [0, 0.1) is 0 Å². The molecule has 29 heavy (non-hydrogen) atoms. The van der Waals surface area contributed by atoms with E-state index in [1.54, 1.807) is 12.1 Å². The van der Waals surface area contributed by atoms with E-state index in [4.69, 9.17) is 16.3 Å². The predicted molar refractivity (Wildman–Crippen MR) is 113 cm³/mol. The molecule has 0 bridgehead atoms. The molecule has 1 aliphatic rings. The van der Waals surface area contributed by atoms with Gasteiger partial charge in [-0.2, -0.15) is 5.10 Å². The highest BCUT2D eigenvalue weighted by Gasteiger charge is 2.28. The molecule has 1 amide bonds. The number of hydrogen-bond acceptors (Lipinski definition) is 3. The quantitative estimate of drug-likeness (QED) is 0.620. The van der Waals surface area contributed by atoms with Gasteiger partial charge in [-0.05, 0) is 48.7 Å². The summed E-state index contributed by atoms with van der Waals surface area (Å²) >= 11 is 5.89. The molecule has 1 aromatic heterocycles. The van der Waals surface area contributed by atoms with Crippen molar-refractivity contribution >= 4 is 17.5 Å².